The van der Waals surface area contributed by atoms with Crippen LogP contribution in [0.3, 0.4) is 0 Å². The minimum atomic E-state index is -0.295. The van der Waals surface area contributed by atoms with Crippen LogP contribution in [0, 0.1) is 5.41 Å². The molecule has 0 spiro atoms. The first-order valence-electron chi connectivity index (χ1n) is 3.15. The summed E-state index contributed by atoms with van der Waals surface area (Å²) >= 11 is 1.39. The highest BCUT2D eigenvalue weighted by Crippen LogP contribution is 2.05. The van der Waals surface area contributed by atoms with E-state index in [0.29, 0.717) is 17.2 Å². The Hall–Kier alpha value is -0.510. The van der Waals surface area contributed by atoms with Crippen LogP contribution in [0.5, 0.6) is 0 Å². The minimum Gasteiger partial charge on any atom is -0.370 e. The SMILES string of the molecule is CCC(=N)SCCC(N)=O. The molecule has 4 heteroatoms. The number of carbonyl (C=O) groups is 1. The summed E-state index contributed by atoms with van der Waals surface area (Å²) in [5.41, 5.74) is 4.90. The van der Waals surface area contributed by atoms with Crippen LogP contribution in [0.2, 0.25) is 0 Å². The van der Waals surface area contributed by atoms with Crippen LogP contribution in [0.1, 0.15) is 19.8 Å². The summed E-state index contributed by atoms with van der Waals surface area (Å²) in [4.78, 5) is 10.2. The standard InChI is InChI=1S/C6H12N2OS/c1-2-6(8)10-4-3-5(7)9/h8H,2-4H2,1H3,(H2,7,9). The van der Waals surface area contributed by atoms with Gasteiger partial charge >= 0.3 is 0 Å². The molecule has 3 N–H and O–H groups in total. The summed E-state index contributed by atoms with van der Waals surface area (Å²) in [6.07, 6.45) is 1.11. The molecule has 0 aromatic rings. The van der Waals surface area contributed by atoms with E-state index in [2.05, 4.69) is 0 Å². The fraction of sp³-hybridized carbons (Fsp3) is 0.667. The number of primary amides is 1. The Kier molecular flexibility index (Phi) is 5.02. The molecule has 0 radical (unpaired) electrons. The minimum absolute atomic E-state index is 0.295. The van der Waals surface area contributed by atoms with Gasteiger partial charge in [-0.1, -0.05) is 6.92 Å². The molecule has 0 rings (SSSR count). The topological polar surface area (TPSA) is 66.9 Å². The predicted molar refractivity (Wildman–Crippen MR) is 44.3 cm³/mol. The lowest BCUT2D eigenvalue weighted by molar-refractivity contribution is -0.117. The second kappa shape index (κ2) is 5.29. The average Bonchev–Trinajstić information content (AvgIpc) is 1.87. The number of nitrogens with one attached hydrogen (secondary N) is 1. The van der Waals surface area contributed by atoms with Crippen molar-refractivity contribution in [3.63, 3.8) is 0 Å². The van der Waals surface area contributed by atoms with E-state index in [1.165, 1.54) is 11.8 Å². The average molecular weight is 160 g/mol. The zero-order valence-electron chi connectivity index (χ0n) is 6.02. The molecule has 10 heavy (non-hydrogen) atoms. The summed E-state index contributed by atoms with van der Waals surface area (Å²) in [6, 6.07) is 0. The Labute approximate surface area is 64.9 Å². The normalized spacial score (nSPS) is 9.30. The van der Waals surface area contributed by atoms with Gasteiger partial charge in [0, 0.05) is 12.2 Å². The Morgan fingerprint density at radius 2 is 2.30 bits per heavy atom. The fourth-order valence-electron chi connectivity index (χ4n) is 0.377. The van der Waals surface area contributed by atoms with Crippen LogP contribution in [0.4, 0.5) is 0 Å². The lowest BCUT2D eigenvalue weighted by Gasteiger charge is -1.96. The van der Waals surface area contributed by atoms with Crippen molar-refractivity contribution in [2.45, 2.75) is 19.8 Å². The highest BCUT2D eigenvalue weighted by Gasteiger charge is 1.96. The van der Waals surface area contributed by atoms with Gasteiger partial charge in [-0.2, -0.15) is 0 Å². The third kappa shape index (κ3) is 5.62. The molecular weight excluding hydrogens is 148 g/mol. The van der Waals surface area contributed by atoms with E-state index in [-0.39, 0.29) is 5.91 Å². The van der Waals surface area contributed by atoms with Gasteiger partial charge in [0.05, 0.1) is 5.04 Å². The van der Waals surface area contributed by atoms with Gasteiger partial charge in [0.25, 0.3) is 0 Å². The van der Waals surface area contributed by atoms with Crippen molar-refractivity contribution in [2.24, 2.45) is 5.73 Å². The summed E-state index contributed by atoms with van der Waals surface area (Å²) in [7, 11) is 0. The molecule has 0 heterocycles. The summed E-state index contributed by atoms with van der Waals surface area (Å²) in [5.74, 6) is 0.346. The lowest BCUT2D eigenvalue weighted by atomic mass is 10.5. The number of thioether (sulfide) groups is 1. The van der Waals surface area contributed by atoms with Crippen LogP contribution in [-0.4, -0.2) is 16.7 Å². The van der Waals surface area contributed by atoms with Crippen molar-refractivity contribution in [3.8, 4) is 0 Å². The second-order valence-corrected chi connectivity index (χ2v) is 3.03. The molecule has 0 atom stereocenters. The summed E-state index contributed by atoms with van der Waals surface area (Å²) < 4.78 is 0. The number of carbonyl (C=O) groups excluding carboxylic acids is 1. The van der Waals surface area contributed by atoms with Gasteiger partial charge in [-0.25, -0.2) is 0 Å². The molecule has 0 bridgehead atoms. The van der Waals surface area contributed by atoms with Gasteiger partial charge in [-0.05, 0) is 6.42 Å². The quantitative estimate of drug-likeness (QED) is 0.475. The van der Waals surface area contributed by atoms with Gasteiger partial charge in [-0.3, -0.25) is 10.2 Å². The molecule has 58 valence electrons. The second-order valence-electron chi connectivity index (χ2n) is 1.84. The molecule has 0 saturated carbocycles. The van der Waals surface area contributed by atoms with E-state index in [9.17, 15) is 4.79 Å². The molecule has 0 aliphatic rings. The predicted octanol–water partition coefficient (Wildman–Crippen LogP) is 0.982. The zero-order valence-corrected chi connectivity index (χ0v) is 6.83. The number of rotatable bonds is 4. The number of amides is 1. The molecule has 1 amide bonds. The maximum atomic E-state index is 10.2. The van der Waals surface area contributed by atoms with E-state index in [1.807, 2.05) is 6.92 Å². The maximum absolute atomic E-state index is 10.2. The molecule has 0 aromatic heterocycles. The monoisotopic (exact) mass is 160 g/mol. The molecule has 0 saturated heterocycles. The van der Waals surface area contributed by atoms with Crippen LogP contribution in [0.15, 0.2) is 0 Å². The van der Waals surface area contributed by atoms with E-state index >= 15 is 0 Å². The van der Waals surface area contributed by atoms with E-state index in [4.69, 9.17) is 11.1 Å². The Morgan fingerprint density at radius 3 is 2.70 bits per heavy atom. The van der Waals surface area contributed by atoms with Crippen molar-refractivity contribution < 1.29 is 4.79 Å². The molecule has 0 aliphatic heterocycles. The van der Waals surface area contributed by atoms with Crippen molar-refractivity contribution in [1.82, 2.24) is 0 Å². The molecule has 3 nitrogen and oxygen atoms in total. The first-order valence-corrected chi connectivity index (χ1v) is 4.14. The van der Waals surface area contributed by atoms with E-state index in [0.717, 1.165) is 6.42 Å². The zero-order chi connectivity index (χ0) is 7.98. The smallest absolute Gasteiger partial charge is 0.218 e. The van der Waals surface area contributed by atoms with E-state index in [1.54, 1.807) is 0 Å². The van der Waals surface area contributed by atoms with Gasteiger partial charge in [0.2, 0.25) is 5.91 Å². The van der Waals surface area contributed by atoms with Crippen molar-refractivity contribution >= 4 is 22.7 Å². The van der Waals surface area contributed by atoms with Gasteiger partial charge in [0.15, 0.2) is 0 Å². The molecular formula is C6H12N2OS. The Morgan fingerprint density at radius 1 is 1.70 bits per heavy atom. The molecule has 0 aromatic carbocycles. The highest BCUT2D eigenvalue weighted by molar-refractivity contribution is 8.13. The van der Waals surface area contributed by atoms with Crippen LogP contribution in [0.25, 0.3) is 0 Å². The number of hydrogen-bond acceptors (Lipinski definition) is 3. The summed E-state index contributed by atoms with van der Waals surface area (Å²) in [6.45, 7) is 1.92. The van der Waals surface area contributed by atoms with Gasteiger partial charge in [-0.15, -0.1) is 11.8 Å². The van der Waals surface area contributed by atoms with E-state index < -0.39 is 0 Å². The first kappa shape index (κ1) is 9.49. The lowest BCUT2D eigenvalue weighted by Crippen LogP contribution is -2.11. The van der Waals surface area contributed by atoms with Crippen molar-refractivity contribution in [3.05, 3.63) is 0 Å². The molecule has 0 unspecified atom stereocenters. The fourth-order valence-corrected chi connectivity index (χ4v) is 1.13. The maximum Gasteiger partial charge on any atom is 0.218 e. The Bertz CT molecular complexity index is 136. The third-order valence-electron chi connectivity index (χ3n) is 0.946. The first-order chi connectivity index (χ1) is 4.66. The molecule has 0 fully saturated rings. The number of nitrogens with two attached hydrogens (primary N) is 1. The van der Waals surface area contributed by atoms with Crippen LogP contribution < -0.4 is 5.73 Å². The third-order valence-corrected chi connectivity index (χ3v) is 1.99. The molecule has 0 aliphatic carbocycles. The Balaban J connectivity index is 3.20. The van der Waals surface area contributed by atoms with Crippen LogP contribution >= 0.6 is 11.8 Å². The summed E-state index contributed by atoms with van der Waals surface area (Å²) in [5, 5.41) is 7.80. The van der Waals surface area contributed by atoms with Crippen LogP contribution in [-0.2, 0) is 4.79 Å². The highest BCUT2D eigenvalue weighted by atomic mass is 32.2. The van der Waals surface area contributed by atoms with Crippen molar-refractivity contribution in [2.75, 3.05) is 5.75 Å². The van der Waals surface area contributed by atoms with Gasteiger partial charge < -0.3 is 5.73 Å². The van der Waals surface area contributed by atoms with Gasteiger partial charge in [0.1, 0.15) is 0 Å². The van der Waals surface area contributed by atoms with Crippen molar-refractivity contribution in [1.29, 1.82) is 5.41 Å². The largest absolute Gasteiger partial charge is 0.370 e. The number of hydrogen-bond donors (Lipinski definition) is 2.